The van der Waals surface area contributed by atoms with Crippen LogP contribution in [0, 0.1) is 5.21 Å². The Kier molecular flexibility index (Phi) is 5.28. The highest BCUT2D eigenvalue weighted by Gasteiger charge is 2.16. The van der Waals surface area contributed by atoms with Gasteiger partial charge in [-0.3, -0.25) is 5.32 Å². The summed E-state index contributed by atoms with van der Waals surface area (Å²) in [6, 6.07) is 0. The second-order valence-electron chi connectivity index (χ2n) is 2.09. The first-order valence-corrected chi connectivity index (χ1v) is 3.44. The maximum atomic E-state index is 10.7. The Morgan fingerprint density at radius 1 is 1.85 bits per heavy atom. The summed E-state index contributed by atoms with van der Waals surface area (Å²) in [4.78, 5) is 10.6. The predicted octanol–water partition coefficient (Wildman–Crippen LogP) is -1.09. The lowest BCUT2D eigenvalue weighted by atomic mass is 10.6. The Bertz CT molecular complexity index is 195. The number of hydrogen-bond acceptors (Lipinski definition) is 5. The third kappa shape index (κ3) is 4.11. The number of esters is 1. The number of ether oxygens (including phenoxy) is 1. The number of hydrogen-bond donors (Lipinski definition) is 2. The average molecular weight is 192 g/mol. The highest BCUT2D eigenvalue weighted by Crippen LogP contribution is 1.89. The summed E-state index contributed by atoms with van der Waals surface area (Å²) in [5.74, 6) is -0.597. The van der Waals surface area contributed by atoms with Crippen LogP contribution in [0.5, 0.6) is 0 Å². The Balaban J connectivity index is 4.17. The molecule has 13 heavy (non-hydrogen) atoms. The molecule has 0 heterocycles. The Morgan fingerprint density at radius 3 is 2.85 bits per heavy atom. The van der Waals surface area contributed by atoms with E-state index in [1.165, 1.54) is 7.11 Å². The van der Waals surface area contributed by atoms with Gasteiger partial charge < -0.3 is 15.2 Å². The molecule has 0 atom stereocenters. The van der Waals surface area contributed by atoms with Crippen LogP contribution >= 0.6 is 0 Å². The highest BCUT2D eigenvalue weighted by molar-refractivity contribution is 5.71. The lowest BCUT2D eigenvalue weighted by Crippen LogP contribution is -2.41. The van der Waals surface area contributed by atoms with Crippen LogP contribution in [0.15, 0.2) is 5.28 Å². The molecule has 0 aliphatic carbocycles. The normalized spacial score (nSPS) is 11.1. The summed E-state index contributed by atoms with van der Waals surface area (Å²) in [5, 5.41) is 24.7. The zero-order valence-electron chi connectivity index (χ0n) is 7.43. The highest BCUT2D eigenvalue weighted by atomic mass is 16.6. The molecule has 8 heteroatoms. The maximum Gasteiger partial charge on any atom is 0.331 e. The summed E-state index contributed by atoms with van der Waals surface area (Å²) in [6.07, 6.45) is 0. The SMILES string of the molecule is CNCN(CC(=O)OC)[N+]([O-])=NO. The minimum Gasteiger partial charge on any atom is -0.569 e. The number of nitrogens with one attached hydrogen (secondary N) is 1. The molecule has 8 nitrogen and oxygen atoms in total. The largest absolute Gasteiger partial charge is 0.569 e. The van der Waals surface area contributed by atoms with Gasteiger partial charge in [-0.2, -0.15) is 0 Å². The van der Waals surface area contributed by atoms with Crippen molar-refractivity contribution in [2.24, 2.45) is 5.28 Å². The summed E-state index contributed by atoms with van der Waals surface area (Å²) in [5.41, 5.74) is 0. The van der Waals surface area contributed by atoms with Crippen LogP contribution in [0.1, 0.15) is 0 Å². The topological polar surface area (TPSA) is 100 Å². The molecule has 0 fully saturated rings. The van der Waals surface area contributed by atoms with Crippen molar-refractivity contribution in [1.82, 2.24) is 10.3 Å². The molecule has 2 N–H and O–H groups in total. The molecule has 0 aliphatic heterocycles. The summed E-state index contributed by atoms with van der Waals surface area (Å²) < 4.78 is 4.32. The average Bonchev–Trinajstić information content (AvgIpc) is 2.15. The molecule has 0 aromatic carbocycles. The van der Waals surface area contributed by atoms with Gasteiger partial charge in [0.05, 0.1) is 12.1 Å². The van der Waals surface area contributed by atoms with E-state index in [1.54, 1.807) is 7.05 Å². The first kappa shape index (κ1) is 11.4. The fourth-order valence-corrected chi connectivity index (χ4v) is 0.630. The summed E-state index contributed by atoms with van der Waals surface area (Å²) in [6.45, 7) is -0.215. The van der Waals surface area contributed by atoms with Crippen molar-refractivity contribution in [2.75, 3.05) is 27.4 Å². The van der Waals surface area contributed by atoms with Crippen molar-refractivity contribution in [1.29, 1.82) is 0 Å². The van der Waals surface area contributed by atoms with Gasteiger partial charge in [0.1, 0.15) is 6.67 Å². The molecule has 0 aromatic heterocycles. The van der Waals surface area contributed by atoms with E-state index in [4.69, 9.17) is 5.21 Å². The number of nitrogens with zero attached hydrogens (tertiary/aromatic N) is 3. The fourth-order valence-electron chi connectivity index (χ4n) is 0.630. The Hall–Kier alpha value is -1.57. The smallest absolute Gasteiger partial charge is 0.331 e. The third-order valence-corrected chi connectivity index (χ3v) is 1.20. The standard InChI is InChI=1S/C5H12N4O4/c1-6-4-8(9(12)7-11)3-5(10)13-2/h6,11H,3-4H2,1-2H3. The van der Waals surface area contributed by atoms with E-state index in [1.807, 2.05) is 0 Å². The van der Waals surface area contributed by atoms with Crippen molar-refractivity contribution >= 4 is 5.97 Å². The maximum absolute atomic E-state index is 10.7. The van der Waals surface area contributed by atoms with Crippen molar-refractivity contribution in [3.8, 4) is 0 Å². The van der Waals surface area contributed by atoms with Gasteiger partial charge in [0.2, 0.25) is 5.28 Å². The van der Waals surface area contributed by atoms with Gasteiger partial charge in [-0.05, 0) is 7.05 Å². The third-order valence-electron chi connectivity index (χ3n) is 1.20. The molecule has 0 spiro atoms. The monoisotopic (exact) mass is 192 g/mol. The van der Waals surface area contributed by atoms with Crippen molar-refractivity contribution in [3.63, 3.8) is 0 Å². The zero-order chi connectivity index (χ0) is 10.3. The van der Waals surface area contributed by atoms with Gasteiger partial charge in [-0.1, -0.05) is 0 Å². The molecule has 0 saturated heterocycles. The summed E-state index contributed by atoms with van der Waals surface area (Å²) in [7, 11) is 2.78. The first-order valence-electron chi connectivity index (χ1n) is 3.44. The predicted molar refractivity (Wildman–Crippen MR) is 40.5 cm³/mol. The molecular formula is C5H12N4O4. The van der Waals surface area contributed by atoms with Crippen molar-refractivity contribution in [2.45, 2.75) is 0 Å². The van der Waals surface area contributed by atoms with E-state index >= 15 is 0 Å². The lowest BCUT2D eigenvalue weighted by Gasteiger charge is -2.15. The van der Waals surface area contributed by atoms with Gasteiger partial charge in [-0.25, -0.2) is 4.79 Å². The van der Waals surface area contributed by atoms with E-state index in [-0.39, 0.29) is 18.2 Å². The van der Waals surface area contributed by atoms with E-state index in [2.05, 4.69) is 15.3 Å². The minimum atomic E-state index is -0.597. The summed E-state index contributed by atoms with van der Waals surface area (Å²) >= 11 is 0. The minimum absolute atomic E-state index is 0.0721. The van der Waals surface area contributed by atoms with Gasteiger partial charge in [0, 0.05) is 0 Å². The van der Waals surface area contributed by atoms with Crippen LogP contribution in [0.25, 0.3) is 0 Å². The van der Waals surface area contributed by atoms with Crippen LogP contribution in [0.4, 0.5) is 0 Å². The molecule has 76 valence electrons. The Labute approximate surface area is 74.9 Å². The van der Waals surface area contributed by atoms with Gasteiger partial charge in [0.25, 0.3) is 0 Å². The first-order chi connectivity index (χ1) is 6.15. The van der Waals surface area contributed by atoms with Gasteiger partial charge in [0.15, 0.2) is 6.54 Å². The van der Waals surface area contributed by atoms with Crippen LogP contribution in [-0.2, 0) is 9.53 Å². The van der Waals surface area contributed by atoms with Crippen LogP contribution in [-0.4, -0.2) is 48.5 Å². The molecule has 0 unspecified atom stereocenters. The van der Waals surface area contributed by atoms with E-state index in [0.717, 1.165) is 5.01 Å². The number of carbonyl (C=O) groups excluding carboxylic acids is 1. The van der Waals surface area contributed by atoms with Crippen LogP contribution in [0.3, 0.4) is 0 Å². The van der Waals surface area contributed by atoms with Crippen molar-refractivity contribution in [3.05, 3.63) is 5.21 Å². The quantitative estimate of drug-likeness (QED) is 0.189. The molecule has 0 radical (unpaired) electrons. The molecule has 0 aromatic rings. The van der Waals surface area contributed by atoms with Crippen LogP contribution < -0.4 is 5.32 Å². The number of methoxy groups -OCH3 is 1. The fraction of sp³-hybridized carbons (Fsp3) is 0.800. The second-order valence-corrected chi connectivity index (χ2v) is 2.09. The number of rotatable bonds is 5. The molecular weight excluding hydrogens is 180 g/mol. The molecule has 0 saturated carbocycles. The van der Waals surface area contributed by atoms with Crippen LogP contribution in [0.2, 0.25) is 0 Å². The number of carbonyl (C=O) groups is 1. The zero-order valence-corrected chi connectivity index (χ0v) is 7.43. The number of hydrazine groups is 1. The van der Waals surface area contributed by atoms with E-state index < -0.39 is 5.97 Å². The molecule has 0 aliphatic rings. The molecule has 0 bridgehead atoms. The molecule has 0 amide bonds. The van der Waals surface area contributed by atoms with E-state index in [0.29, 0.717) is 0 Å². The van der Waals surface area contributed by atoms with E-state index in [9.17, 15) is 10.0 Å². The van der Waals surface area contributed by atoms with Gasteiger partial charge in [-0.15, -0.1) is 5.01 Å². The molecule has 0 rings (SSSR count). The van der Waals surface area contributed by atoms with Gasteiger partial charge >= 0.3 is 5.97 Å². The lowest BCUT2D eigenvalue weighted by molar-refractivity contribution is -0.708. The Morgan fingerprint density at radius 2 is 2.46 bits per heavy atom. The second kappa shape index (κ2) is 6.00. The van der Waals surface area contributed by atoms with Crippen molar-refractivity contribution < 1.29 is 19.7 Å².